The van der Waals surface area contributed by atoms with Crippen molar-refractivity contribution in [1.82, 2.24) is 4.90 Å². The molecular formula is C23H23F3N2O6. The van der Waals surface area contributed by atoms with Crippen molar-refractivity contribution in [2.45, 2.75) is 46.2 Å². The summed E-state index contributed by atoms with van der Waals surface area (Å²) in [6.07, 6.45) is -4.84. The van der Waals surface area contributed by atoms with Gasteiger partial charge in [-0.15, -0.1) is 13.2 Å². The van der Waals surface area contributed by atoms with Crippen molar-refractivity contribution in [3.63, 3.8) is 0 Å². The molecule has 1 aliphatic rings. The number of carboxylic acids is 1. The van der Waals surface area contributed by atoms with Crippen LogP contribution in [-0.4, -0.2) is 46.4 Å². The minimum Gasteiger partial charge on any atom is -0.478 e. The fourth-order valence-corrected chi connectivity index (χ4v) is 3.50. The number of amides is 3. The Hall–Kier alpha value is -3.76. The lowest BCUT2D eigenvalue weighted by Crippen LogP contribution is -2.38. The number of imide groups is 1. The van der Waals surface area contributed by atoms with Crippen LogP contribution in [0, 0.1) is 13.8 Å². The van der Waals surface area contributed by atoms with Gasteiger partial charge < -0.3 is 14.6 Å². The number of carboxylic acid groups (broad SMARTS) is 1. The van der Waals surface area contributed by atoms with E-state index in [9.17, 15) is 32.7 Å². The van der Waals surface area contributed by atoms with E-state index in [-0.39, 0.29) is 18.8 Å². The fourth-order valence-electron chi connectivity index (χ4n) is 3.50. The fraction of sp³-hybridized carbons (Fsp3) is 0.348. The van der Waals surface area contributed by atoms with Gasteiger partial charge in [-0.05, 0) is 68.7 Å². The molecule has 2 aromatic rings. The van der Waals surface area contributed by atoms with E-state index in [4.69, 9.17) is 4.74 Å². The Kier molecular flexibility index (Phi) is 6.50. The molecule has 0 aliphatic carbocycles. The monoisotopic (exact) mass is 480 g/mol. The summed E-state index contributed by atoms with van der Waals surface area (Å²) in [5, 5.41) is 9.30. The molecule has 0 unspecified atom stereocenters. The molecule has 0 radical (unpaired) electrons. The second kappa shape index (κ2) is 8.88. The van der Waals surface area contributed by atoms with Crippen molar-refractivity contribution in [3.8, 4) is 11.5 Å². The molecule has 2 aromatic carbocycles. The largest absolute Gasteiger partial charge is 0.573 e. The molecule has 0 atom stereocenters. The number of rotatable bonds is 7. The maximum atomic E-state index is 12.9. The highest BCUT2D eigenvalue weighted by Crippen LogP contribution is 2.31. The molecule has 1 heterocycles. The molecule has 0 saturated carbocycles. The molecule has 182 valence electrons. The third kappa shape index (κ3) is 5.41. The molecule has 0 spiro atoms. The number of anilines is 1. The van der Waals surface area contributed by atoms with Crippen LogP contribution >= 0.6 is 0 Å². The van der Waals surface area contributed by atoms with Crippen LogP contribution in [0.25, 0.3) is 0 Å². The van der Waals surface area contributed by atoms with Gasteiger partial charge >= 0.3 is 18.4 Å². The van der Waals surface area contributed by atoms with Crippen LogP contribution in [0.2, 0.25) is 0 Å². The van der Waals surface area contributed by atoms with E-state index in [1.165, 1.54) is 26.0 Å². The second-order valence-corrected chi connectivity index (χ2v) is 8.37. The van der Waals surface area contributed by atoms with Crippen LogP contribution < -0.4 is 14.4 Å². The summed E-state index contributed by atoms with van der Waals surface area (Å²) in [4.78, 5) is 39.0. The summed E-state index contributed by atoms with van der Waals surface area (Å²) in [6, 6.07) is 7.44. The van der Waals surface area contributed by atoms with E-state index in [1.54, 1.807) is 26.0 Å². The minimum absolute atomic E-state index is 0.0340. The average Bonchev–Trinajstić information content (AvgIpc) is 2.98. The summed E-state index contributed by atoms with van der Waals surface area (Å²) in [5.74, 6) is -1.63. The van der Waals surface area contributed by atoms with E-state index in [0.29, 0.717) is 22.4 Å². The van der Waals surface area contributed by atoms with Gasteiger partial charge in [0.25, 0.3) is 5.91 Å². The highest BCUT2D eigenvalue weighted by atomic mass is 19.4. The van der Waals surface area contributed by atoms with E-state index >= 15 is 0 Å². The minimum atomic E-state index is -4.84. The van der Waals surface area contributed by atoms with Gasteiger partial charge in [0, 0.05) is 5.69 Å². The van der Waals surface area contributed by atoms with Gasteiger partial charge in [0.15, 0.2) is 5.60 Å². The van der Waals surface area contributed by atoms with E-state index in [0.717, 1.165) is 21.9 Å². The number of carbonyl (C=O) groups is 3. The van der Waals surface area contributed by atoms with Crippen LogP contribution in [0.1, 0.15) is 30.5 Å². The van der Waals surface area contributed by atoms with Gasteiger partial charge in [0.2, 0.25) is 0 Å². The topological polar surface area (TPSA) is 96.4 Å². The third-order valence-corrected chi connectivity index (χ3v) is 5.17. The highest BCUT2D eigenvalue weighted by molar-refractivity contribution is 6.12. The normalized spacial score (nSPS) is 14.6. The maximum absolute atomic E-state index is 12.9. The second-order valence-electron chi connectivity index (χ2n) is 8.37. The average molecular weight is 480 g/mol. The number of ether oxygens (including phenoxy) is 2. The standard InChI is InChI=1S/C23H23F3N2O6/c1-13-9-15(10-14(2)19(13)34-22(3,4)20(30)31)11-28-18(29)12-27(21(28)32)16-5-7-17(8-6-16)33-23(24,25)26/h5-10H,11-12H2,1-4H3,(H,30,31). The van der Waals surface area contributed by atoms with Crippen molar-refractivity contribution < 1.29 is 42.1 Å². The summed E-state index contributed by atoms with van der Waals surface area (Å²) in [5.41, 5.74) is 0.718. The van der Waals surface area contributed by atoms with E-state index in [2.05, 4.69) is 4.74 Å². The first-order valence-corrected chi connectivity index (χ1v) is 10.2. The third-order valence-electron chi connectivity index (χ3n) is 5.17. The number of carbonyl (C=O) groups excluding carboxylic acids is 2. The first-order chi connectivity index (χ1) is 15.7. The highest BCUT2D eigenvalue weighted by Gasteiger charge is 2.37. The van der Waals surface area contributed by atoms with Crippen LogP contribution in [0.15, 0.2) is 36.4 Å². The molecule has 8 nitrogen and oxygen atoms in total. The summed E-state index contributed by atoms with van der Waals surface area (Å²) < 4.78 is 46.5. The van der Waals surface area contributed by atoms with Gasteiger partial charge in [0.05, 0.1) is 6.54 Å². The quantitative estimate of drug-likeness (QED) is 0.590. The summed E-state index contributed by atoms with van der Waals surface area (Å²) in [6.45, 7) is 6.03. The number of hydrogen-bond donors (Lipinski definition) is 1. The lowest BCUT2D eigenvalue weighted by molar-refractivity contribution is -0.274. The molecule has 11 heteroatoms. The molecule has 3 rings (SSSR count). The molecular weight excluding hydrogens is 457 g/mol. The van der Waals surface area contributed by atoms with Gasteiger partial charge in [-0.1, -0.05) is 12.1 Å². The zero-order valence-electron chi connectivity index (χ0n) is 18.9. The molecule has 1 saturated heterocycles. The maximum Gasteiger partial charge on any atom is 0.573 e. The predicted molar refractivity (Wildman–Crippen MR) is 115 cm³/mol. The van der Waals surface area contributed by atoms with Crippen molar-refractivity contribution in [1.29, 1.82) is 0 Å². The Morgan fingerprint density at radius 3 is 2.09 bits per heavy atom. The first kappa shape index (κ1) is 24.9. The lowest BCUT2D eigenvalue weighted by Gasteiger charge is -2.25. The zero-order chi connectivity index (χ0) is 25.4. The Labute approximate surface area is 193 Å². The van der Waals surface area contributed by atoms with Crippen molar-refractivity contribution >= 4 is 23.6 Å². The number of aliphatic carboxylic acids is 1. The first-order valence-electron chi connectivity index (χ1n) is 10.2. The SMILES string of the molecule is Cc1cc(CN2C(=O)CN(c3ccc(OC(F)(F)F)cc3)C2=O)cc(C)c1OC(C)(C)C(=O)O. The molecule has 0 bridgehead atoms. The Morgan fingerprint density at radius 1 is 1.03 bits per heavy atom. The van der Waals surface area contributed by atoms with E-state index < -0.39 is 35.6 Å². The number of benzene rings is 2. The number of halogens is 3. The predicted octanol–water partition coefficient (Wildman–Crippen LogP) is 4.41. The number of hydrogen-bond acceptors (Lipinski definition) is 5. The number of urea groups is 1. The molecule has 0 aromatic heterocycles. The van der Waals surface area contributed by atoms with Crippen LogP contribution in [-0.2, 0) is 16.1 Å². The van der Waals surface area contributed by atoms with Crippen LogP contribution in [0.4, 0.5) is 23.7 Å². The summed E-state index contributed by atoms with van der Waals surface area (Å²) in [7, 11) is 0. The Bertz CT molecular complexity index is 1110. The Balaban J connectivity index is 1.76. The van der Waals surface area contributed by atoms with E-state index in [1.807, 2.05) is 0 Å². The summed E-state index contributed by atoms with van der Waals surface area (Å²) >= 11 is 0. The van der Waals surface area contributed by atoms with Gasteiger partial charge in [-0.3, -0.25) is 14.6 Å². The molecule has 3 amide bonds. The van der Waals surface area contributed by atoms with Gasteiger partial charge in [-0.25, -0.2) is 9.59 Å². The smallest absolute Gasteiger partial charge is 0.478 e. The molecule has 1 aliphatic heterocycles. The zero-order valence-corrected chi connectivity index (χ0v) is 18.9. The van der Waals surface area contributed by atoms with Crippen LogP contribution in [0.3, 0.4) is 0 Å². The molecule has 1 N–H and O–H groups in total. The number of nitrogens with zero attached hydrogens (tertiary/aromatic N) is 2. The van der Waals surface area contributed by atoms with Gasteiger partial charge in [0.1, 0.15) is 18.0 Å². The molecule has 34 heavy (non-hydrogen) atoms. The van der Waals surface area contributed by atoms with Crippen molar-refractivity contribution in [3.05, 3.63) is 53.1 Å². The number of alkyl halides is 3. The number of aryl methyl sites for hydroxylation is 2. The van der Waals surface area contributed by atoms with Crippen LogP contribution in [0.5, 0.6) is 11.5 Å². The van der Waals surface area contributed by atoms with Crippen molar-refractivity contribution in [2.24, 2.45) is 0 Å². The van der Waals surface area contributed by atoms with Crippen molar-refractivity contribution in [2.75, 3.05) is 11.4 Å². The lowest BCUT2D eigenvalue weighted by atomic mass is 10.0. The Morgan fingerprint density at radius 2 is 1.59 bits per heavy atom. The molecule has 1 fully saturated rings. The van der Waals surface area contributed by atoms with Gasteiger partial charge in [-0.2, -0.15) is 0 Å².